The van der Waals surface area contributed by atoms with Crippen molar-refractivity contribution in [2.45, 2.75) is 6.54 Å². The summed E-state index contributed by atoms with van der Waals surface area (Å²) in [5.74, 6) is -2.95. The molecule has 0 saturated heterocycles. The molecule has 0 radical (unpaired) electrons. The third-order valence-corrected chi connectivity index (χ3v) is 4.15. The number of nitrogens with zero attached hydrogens (tertiary/aromatic N) is 2. The van der Waals surface area contributed by atoms with Gasteiger partial charge in [0.25, 0.3) is 5.56 Å². The van der Waals surface area contributed by atoms with E-state index in [2.05, 4.69) is 9.97 Å². The number of ether oxygens (including phenoxy) is 1. The van der Waals surface area contributed by atoms with Crippen LogP contribution in [0.5, 0.6) is 5.75 Å². The van der Waals surface area contributed by atoms with Crippen LogP contribution < -0.4 is 16.0 Å². The van der Waals surface area contributed by atoms with Crippen LogP contribution in [-0.4, -0.2) is 43.8 Å². The average molecular weight is 384 g/mol. The van der Waals surface area contributed by atoms with Crippen molar-refractivity contribution in [3.8, 4) is 16.9 Å². The average Bonchev–Trinajstić information content (AvgIpc) is 3.13. The number of methoxy groups -OCH3 is 1. The molecule has 10 nitrogen and oxygen atoms in total. The topological polar surface area (TPSA) is 161 Å². The van der Waals surface area contributed by atoms with Gasteiger partial charge in [0.05, 0.1) is 20.0 Å². The number of imidazole rings is 1. The van der Waals surface area contributed by atoms with E-state index in [1.807, 2.05) is 0 Å². The van der Waals surface area contributed by atoms with Crippen LogP contribution >= 0.6 is 0 Å². The second-order valence-electron chi connectivity index (χ2n) is 5.86. The maximum Gasteiger partial charge on any atom is 0.342 e. The monoisotopic (exact) mass is 384 g/mol. The molecule has 3 aromatic rings. The minimum Gasteiger partial charge on any atom is -0.496 e. The molecule has 5 N–H and O–H groups in total. The lowest BCUT2D eigenvalue weighted by molar-refractivity contribution is 0.0695. The number of benzene rings is 1. The zero-order valence-electron chi connectivity index (χ0n) is 14.7. The maximum absolute atomic E-state index is 12.2. The molecule has 144 valence electrons. The molecule has 0 aliphatic heterocycles. The van der Waals surface area contributed by atoms with E-state index in [-0.39, 0.29) is 11.1 Å². The molecular weight excluding hydrogens is 368 g/mol. The molecule has 3 rings (SSSR count). The molecule has 0 atom stereocenters. The minimum absolute atomic E-state index is 0.212. The van der Waals surface area contributed by atoms with Crippen LogP contribution in [0.2, 0.25) is 0 Å². The summed E-state index contributed by atoms with van der Waals surface area (Å²) in [6.45, 7) is 0.334. The molecule has 10 heteroatoms. The van der Waals surface area contributed by atoms with Crippen molar-refractivity contribution in [3.63, 3.8) is 0 Å². The van der Waals surface area contributed by atoms with Crippen LogP contribution in [0.15, 0.2) is 41.7 Å². The van der Waals surface area contributed by atoms with Crippen molar-refractivity contribution in [2.75, 3.05) is 12.8 Å². The minimum atomic E-state index is -1.56. The predicted octanol–water partition coefficient (Wildman–Crippen LogP) is 1.27. The first-order valence-electron chi connectivity index (χ1n) is 7.98. The van der Waals surface area contributed by atoms with Gasteiger partial charge in [-0.05, 0) is 17.7 Å². The molecule has 28 heavy (non-hydrogen) atoms. The SMILES string of the molecule is COc1ccc(-c2c(C(=O)O)c(N)[nH]c(=O)c2C(=O)O)cc1Cn1ccnc1. The quantitative estimate of drug-likeness (QED) is 0.494. The molecule has 0 amide bonds. The third kappa shape index (κ3) is 3.30. The number of H-pyrrole nitrogens is 1. The highest BCUT2D eigenvalue weighted by molar-refractivity contribution is 6.07. The Labute approximate surface area is 157 Å². The van der Waals surface area contributed by atoms with Crippen molar-refractivity contribution >= 4 is 17.8 Å². The maximum atomic E-state index is 12.2. The van der Waals surface area contributed by atoms with Crippen LogP contribution in [0.1, 0.15) is 26.3 Å². The number of aromatic nitrogens is 3. The number of carboxylic acids is 2. The molecule has 1 aromatic carbocycles. The fourth-order valence-corrected chi connectivity index (χ4v) is 2.97. The van der Waals surface area contributed by atoms with Gasteiger partial charge in [-0.25, -0.2) is 14.6 Å². The summed E-state index contributed by atoms with van der Waals surface area (Å²) >= 11 is 0. The van der Waals surface area contributed by atoms with Crippen LogP contribution in [0.4, 0.5) is 5.82 Å². The highest BCUT2D eigenvalue weighted by Crippen LogP contribution is 2.32. The van der Waals surface area contributed by atoms with Crippen molar-refractivity contribution in [3.05, 3.63) is 64.0 Å². The number of rotatable bonds is 6. The van der Waals surface area contributed by atoms with Crippen molar-refractivity contribution in [1.29, 1.82) is 0 Å². The Hall–Kier alpha value is -4.08. The fourth-order valence-electron chi connectivity index (χ4n) is 2.97. The van der Waals surface area contributed by atoms with Gasteiger partial charge in [0, 0.05) is 23.5 Å². The summed E-state index contributed by atoms with van der Waals surface area (Å²) in [5, 5.41) is 19.0. The van der Waals surface area contributed by atoms with Crippen LogP contribution in [-0.2, 0) is 6.54 Å². The summed E-state index contributed by atoms with van der Waals surface area (Å²) in [6, 6.07) is 4.60. The Morgan fingerprint density at radius 1 is 1.25 bits per heavy atom. The van der Waals surface area contributed by atoms with E-state index in [4.69, 9.17) is 10.5 Å². The molecule has 0 bridgehead atoms. The van der Waals surface area contributed by atoms with Gasteiger partial charge in [0.1, 0.15) is 22.7 Å². The number of nitrogen functional groups attached to an aromatic ring is 1. The summed E-state index contributed by atoms with van der Waals surface area (Å²) in [7, 11) is 1.48. The Kier molecular flexibility index (Phi) is 4.86. The van der Waals surface area contributed by atoms with Gasteiger partial charge in [-0.2, -0.15) is 0 Å². The van der Waals surface area contributed by atoms with E-state index in [1.54, 1.807) is 35.4 Å². The number of aromatic carboxylic acids is 2. The Morgan fingerprint density at radius 3 is 2.54 bits per heavy atom. The fraction of sp³-hybridized carbons (Fsp3) is 0.111. The first kappa shape index (κ1) is 18.7. The molecule has 0 fully saturated rings. The molecule has 0 saturated carbocycles. The van der Waals surface area contributed by atoms with Gasteiger partial charge in [-0.3, -0.25) is 4.79 Å². The number of hydrogen-bond donors (Lipinski definition) is 4. The van der Waals surface area contributed by atoms with Gasteiger partial charge in [0.15, 0.2) is 0 Å². The van der Waals surface area contributed by atoms with Crippen molar-refractivity contribution < 1.29 is 24.5 Å². The Morgan fingerprint density at radius 2 is 1.96 bits per heavy atom. The van der Waals surface area contributed by atoms with Crippen LogP contribution in [0.25, 0.3) is 11.1 Å². The van der Waals surface area contributed by atoms with E-state index in [1.165, 1.54) is 13.2 Å². The normalized spacial score (nSPS) is 10.6. The van der Waals surface area contributed by atoms with Gasteiger partial charge in [0.2, 0.25) is 0 Å². The summed E-state index contributed by atoms with van der Waals surface area (Å²) in [5.41, 5.74) is 4.06. The van der Waals surface area contributed by atoms with E-state index >= 15 is 0 Å². The highest BCUT2D eigenvalue weighted by atomic mass is 16.5. The van der Waals surface area contributed by atoms with E-state index in [9.17, 15) is 24.6 Å². The molecular formula is C18H16N4O6. The molecule has 2 aromatic heterocycles. The van der Waals surface area contributed by atoms with Crippen LogP contribution in [0.3, 0.4) is 0 Å². The number of pyridine rings is 1. The lowest BCUT2D eigenvalue weighted by Gasteiger charge is -2.15. The van der Waals surface area contributed by atoms with Gasteiger partial charge in [-0.1, -0.05) is 6.07 Å². The highest BCUT2D eigenvalue weighted by Gasteiger charge is 2.27. The van der Waals surface area contributed by atoms with Crippen molar-refractivity contribution in [2.24, 2.45) is 0 Å². The van der Waals surface area contributed by atoms with E-state index < -0.39 is 34.4 Å². The van der Waals surface area contributed by atoms with E-state index in [0.717, 1.165) is 0 Å². The largest absolute Gasteiger partial charge is 0.496 e. The van der Waals surface area contributed by atoms with Gasteiger partial charge in [-0.15, -0.1) is 0 Å². The zero-order chi connectivity index (χ0) is 20.4. The first-order valence-corrected chi connectivity index (χ1v) is 7.98. The third-order valence-electron chi connectivity index (χ3n) is 4.15. The Balaban J connectivity index is 2.30. The molecule has 0 unspecified atom stereocenters. The second-order valence-corrected chi connectivity index (χ2v) is 5.86. The smallest absolute Gasteiger partial charge is 0.342 e. The molecule has 0 aliphatic carbocycles. The van der Waals surface area contributed by atoms with Gasteiger partial charge < -0.3 is 30.2 Å². The molecule has 0 aliphatic rings. The summed E-state index contributed by atoms with van der Waals surface area (Å²) in [4.78, 5) is 41.6. The lowest BCUT2D eigenvalue weighted by Crippen LogP contribution is -2.24. The lowest BCUT2D eigenvalue weighted by atomic mass is 9.94. The molecule has 0 spiro atoms. The number of anilines is 1. The first-order chi connectivity index (χ1) is 13.3. The van der Waals surface area contributed by atoms with Crippen LogP contribution in [0, 0.1) is 0 Å². The summed E-state index contributed by atoms with van der Waals surface area (Å²) < 4.78 is 7.08. The number of carbonyl (C=O) groups is 2. The molecule has 2 heterocycles. The van der Waals surface area contributed by atoms with Crippen molar-refractivity contribution in [1.82, 2.24) is 14.5 Å². The zero-order valence-corrected chi connectivity index (χ0v) is 14.7. The number of aromatic amines is 1. The summed E-state index contributed by atoms with van der Waals surface area (Å²) in [6.07, 6.45) is 4.91. The second kappa shape index (κ2) is 7.27. The van der Waals surface area contributed by atoms with Gasteiger partial charge >= 0.3 is 11.9 Å². The number of nitrogens with one attached hydrogen (secondary N) is 1. The number of nitrogens with two attached hydrogens (primary N) is 1. The number of carboxylic acid groups (broad SMARTS) is 2. The predicted molar refractivity (Wildman–Crippen MR) is 98.7 cm³/mol. The number of hydrogen-bond acceptors (Lipinski definition) is 6. The van der Waals surface area contributed by atoms with E-state index in [0.29, 0.717) is 17.9 Å². The standard InChI is InChI=1S/C18H16N4O6/c1-28-11-3-2-9(6-10(11)7-22-5-4-20-8-22)12-13(17(24)25)15(19)21-16(23)14(12)18(26)27/h2-6,8H,7H2,1H3,(H,24,25)(H,26,27)(H3,19,21,23). The Bertz CT molecular complexity index is 1120.